The number of carbonyl (C=O) groups is 2. The molecule has 0 bridgehead atoms. The van der Waals surface area contributed by atoms with E-state index >= 15 is 0 Å². The van der Waals surface area contributed by atoms with Gasteiger partial charge in [-0.25, -0.2) is 9.48 Å². The first-order chi connectivity index (χ1) is 8.99. The van der Waals surface area contributed by atoms with E-state index in [1.165, 1.54) is 10.9 Å². The molecule has 1 aliphatic heterocycles. The molecule has 0 aromatic carbocycles. The van der Waals surface area contributed by atoms with Crippen molar-refractivity contribution in [3.05, 3.63) is 11.9 Å². The standard InChI is InChI=1S/C11H15N5O3/c12-11(2-1-3-11)10(19)15-4-7(5-15)16-6-8(9(17)18)13-14-16/h6-7H,1-5,12H2,(H,17,18). The van der Waals surface area contributed by atoms with Gasteiger partial charge < -0.3 is 15.7 Å². The molecule has 1 amide bonds. The summed E-state index contributed by atoms with van der Waals surface area (Å²) in [6.45, 7) is 1.03. The second-order valence-corrected chi connectivity index (χ2v) is 5.26. The zero-order chi connectivity index (χ0) is 13.6. The molecular formula is C11H15N5O3. The van der Waals surface area contributed by atoms with Crippen molar-refractivity contribution >= 4 is 11.9 Å². The number of aromatic nitrogens is 3. The van der Waals surface area contributed by atoms with Gasteiger partial charge in [0.1, 0.15) is 0 Å². The van der Waals surface area contributed by atoms with E-state index < -0.39 is 11.5 Å². The Morgan fingerprint density at radius 3 is 2.58 bits per heavy atom. The van der Waals surface area contributed by atoms with Gasteiger partial charge in [0.25, 0.3) is 0 Å². The van der Waals surface area contributed by atoms with E-state index in [0.717, 1.165) is 19.3 Å². The highest BCUT2D eigenvalue weighted by molar-refractivity contribution is 5.88. The fraction of sp³-hybridized carbons (Fsp3) is 0.636. The van der Waals surface area contributed by atoms with Gasteiger partial charge in [-0.1, -0.05) is 5.21 Å². The molecule has 0 atom stereocenters. The van der Waals surface area contributed by atoms with Gasteiger partial charge in [0.05, 0.1) is 17.8 Å². The van der Waals surface area contributed by atoms with Crippen LogP contribution in [0.1, 0.15) is 35.8 Å². The van der Waals surface area contributed by atoms with Gasteiger partial charge in [-0.2, -0.15) is 0 Å². The number of carboxylic acids is 1. The molecular weight excluding hydrogens is 250 g/mol. The molecule has 2 heterocycles. The third-order valence-corrected chi connectivity index (χ3v) is 3.92. The lowest BCUT2D eigenvalue weighted by Gasteiger charge is -2.46. The maximum absolute atomic E-state index is 12.1. The topological polar surface area (TPSA) is 114 Å². The Bertz CT molecular complexity index is 530. The van der Waals surface area contributed by atoms with Gasteiger partial charge in [0, 0.05) is 13.1 Å². The molecule has 0 radical (unpaired) electrons. The van der Waals surface area contributed by atoms with Gasteiger partial charge in [0.2, 0.25) is 5.91 Å². The minimum Gasteiger partial charge on any atom is -0.476 e. The second kappa shape index (κ2) is 4.02. The highest BCUT2D eigenvalue weighted by Crippen LogP contribution is 2.33. The van der Waals surface area contributed by atoms with Crippen molar-refractivity contribution in [1.82, 2.24) is 19.9 Å². The molecule has 1 aromatic rings. The average Bonchev–Trinajstić information content (AvgIpc) is 2.73. The van der Waals surface area contributed by atoms with E-state index in [1.807, 2.05) is 0 Å². The summed E-state index contributed by atoms with van der Waals surface area (Å²) < 4.78 is 1.50. The molecule has 1 aromatic heterocycles. The van der Waals surface area contributed by atoms with E-state index in [1.54, 1.807) is 4.90 Å². The van der Waals surface area contributed by atoms with Gasteiger partial charge in [-0.15, -0.1) is 5.10 Å². The number of likely N-dealkylation sites (tertiary alicyclic amines) is 1. The van der Waals surface area contributed by atoms with Crippen LogP contribution in [-0.2, 0) is 4.79 Å². The summed E-state index contributed by atoms with van der Waals surface area (Å²) in [7, 11) is 0. The molecule has 1 aliphatic carbocycles. The summed E-state index contributed by atoms with van der Waals surface area (Å²) in [5.41, 5.74) is 5.23. The molecule has 2 fully saturated rings. The molecule has 0 unspecified atom stereocenters. The molecule has 2 aliphatic rings. The second-order valence-electron chi connectivity index (χ2n) is 5.26. The van der Waals surface area contributed by atoms with Crippen LogP contribution in [0.15, 0.2) is 6.20 Å². The molecule has 19 heavy (non-hydrogen) atoms. The lowest BCUT2D eigenvalue weighted by atomic mass is 9.76. The molecule has 1 saturated carbocycles. The van der Waals surface area contributed by atoms with Crippen molar-refractivity contribution in [3.8, 4) is 0 Å². The third-order valence-electron chi connectivity index (χ3n) is 3.92. The Balaban J connectivity index is 1.60. The Morgan fingerprint density at radius 2 is 2.11 bits per heavy atom. The Labute approximate surface area is 109 Å². The number of carboxylic acid groups (broad SMARTS) is 1. The predicted octanol–water partition coefficient (Wildman–Crippen LogP) is -0.759. The number of amides is 1. The van der Waals surface area contributed by atoms with Gasteiger partial charge in [0.15, 0.2) is 5.69 Å². The number of nitrogens with zero attached hydrogens (tertiary/aromatic N) is 4. The quantitative estimate of drug-likeness (QED) is 0.742. The van der Waals surface area contributed by atoms with E-state index in [4.69, 9.17) is 10.8 Å². The summed E-state index contributed by atoms with van der Waals surface area (Å²) in [5.74, 6) is -1.11. The Morgan fingerprint density at radius 1 is 1.42 bits per heavy atom. The zero-order valence-electron chi connectivity index (χ0n) is 10.3. The van der Waals surface area contributed by atoms with Crippen molar-refractivity contribution in [2.24, 2.45) is 5.73 Å². The van der Waals surface area contributed by atoms with Crippen molar-refractivity contribution in [1.29, 1.82) is 0 Å². The SMILES string of the molecule is NC1(C(=O)N2CC(n3cc(C(=O)O)nn3)C2)CCC1. The summed E-state index contributed by atoms with van der Waals surface area (Å²) in [5, 5.41) is 16.1. The first kappa shape index (κ1) is 12.1. The van der Waals surface area contributed by atoms with E-state index in [9.17, 15) is 9.59 Å². The van der Waals surface area contributed by atoms with Crippen LogP contribution in [0.2, 0.25) is 0 Å². The first-order valence-corrected chi connectivity index (χ1v) is 6.23. The fourth-order valence-electron chi connectivity index (χ4n) is 2.43. The average molecular weight is 265 g/mol. The predicted molar refractivity (Wildman–Crippen MR) is 63.4 cm³/mol. The van der Waals surface area contributed by atoms with Crippen molar-refractivity contribution < 1.29 is 14.7 Å². The van der Waals surface area contributed by atoms with Crippen LogP contribution in [0, 0.1) is 0 Å². The van der Waals surface area contributed by atoms with Crippen LogP contribution in [0.4, 0.5) is 0 Å². The van der Waals surface area contributed by atoms with Gasteiger partial charge >= 0.3 is 5.97 Å². The van der Waals surface area contributed by atoms with Crippen molar-refractivity contribution in [2.45, 2.75) is 30.8 Å². The monoisotopic (exact) mass is 265 g/mol. The van der Waals surface area contributed by atoms with Crippen LogP contribution >= 0.6 is 0 Å². The molecule has 102 valence electrons. The van der Waals surface area contributed by atoms with Crippen molar-refractivity contribution in [3.63, 3.8) is 0 Å². The van der Waals surface area contributed by atoms with Crippen LogP contribution in [0.5, 0.6) is 0 Å². The van der Waals surface area contributed by atoms with E-state index in [0.29, 0.717) is 13.1 Å². The molecule has 8 nitrogen and oxygen atoms in total. The Hall–Kier alpha value is -1.96. The molecule has 3 rings (SSSR count). The van der Waals surface area contributed by atoms with Crippen LogP contribution in [-0.4, -0.2) is 55.5 Å². The molecule has 1 saturated heterocycles. The largest absolute Gasteiger partial charge is 0.476 e. The molecule has 8 heteroatoms. The maximum atomic E-state index is 12.1. The minimum absolute atomic E-state index is 0.00595. The van der Waals surface area contributed by atoms with Gasteiger partial charge in [-0.05, 0) is 19.3 Å². The first-order valence-electron chi connectivity index (χ1n) is 6.23. The number of carbonyl (C=O) groups excluding carboxylic acids is 1. The smallest absolute Gasteiger partial charge is 0.358 e. The summed E-state index contributed by atoms with van der Waals surface area (Å²) >= 11 is 0. The third kappa shape index (κ3) is 1.88. The Kier molecular flexibility index (Phi) is 2.56. The minimum atomic E-state index is -1.10. The summed E-state index contributed by atoms with van der Waals surface area (Å²) in [4.78, 5) is 24.5. The van der Waals surface area contributed by atoms with Crippen molar-refractivity contribution in [2.75, 3.05) is 13.1 Å². The number of nitrogens with two attached hydrogens (primary N) is 1. The summed E-state index contributed by atoms with van der Waals surface area (Å²) in [6.07, 6.45) is 3.89. The highest BCUT2D eigenvalue weighted by Gasteiger charge is 2.46. The number of hydrogen-bond donors (Lipinski definition) is 2. The van der Waals surface area contributed by atoms with E-state index in [2.05, 4.69) is 10.3 Å². The van der Waals surface area contributed by atoms with Gasteiger partial charge in [-0.3, -0.25) is 4.79 Å². The number of aromatic carboxylic acids is 1. The lowest BCUT2D eigenvalue weighted by Crippen LogP contribution is -2.64. The molecule has 3 N–H and O–H groups in total. The maximum Gasteiger partial charge on any atom is 0.358 e. The number of hydrogen-bond acceptors (Lipinski definition) is 5. The fourth-order valence-corrected chi connectivity index (χ4v) is 2.43. The number of rotatable bonds is 3. The van der Waals surface area contributed by atoms with Crippen LogP contribution < -0.4 is 5.73 Å². The van der Waals surface area contributed by atoms with Crippen LogP contribution in [0.25, 0.3) is 0 Å². The van der Waals surface area contributed by atoms with E-state index in [-0.39, 0.29) is 17.6 Å². The zero-order valence-corrected chi connectivity index (χ0v) is 10.3. The lowest BCUT2D eigenvalue weighted by molar-refractivity contribution is -0.146. The summed E-state index contributed by atoms with van der Waals surface area (Å²) in [6, 6.07) is -0.00627. The normalized spacial score (nSPS) is 21.6. The van der Waals surface area contributed by atoms with Crippen LogP contribution in [0.3, 0.4) is 0 Å². The highest BCUT2D eigenvalue weighted by atomic mass is 16.4. The molecule has 0 spiro atoms.